The first-order valence-corrected chi connectivity index (χ1v) is 4.26. The van der Waals surface area contributed by atoms with Gasteiger partial charge in [-0.2, -0.15) is 4.98 Å². The third-order valence-corrected chi connectivity index (χ3v) is 2.13. The van der Waals surface area contributed by atoms with E-state index in [0.29, 0.717) is 12.2 Å². The molecule has 1 saturated heterocycles. The Kier molecular flexibility index (Phi) is 2.35. The van der Waals surface area contributed by atoms with E-state index in [0.717, 1.165) is 26.1 Å². The molecule has 0 aromatic carbocycles. The fraction of sp³-hybridized carbons (Fsp3) is 0.625. The number of aldehydes is 1. The van der Waals surface area contributed by atoms with Crippen LogP contribution in [0.1, 0.15) is 35.3 Å². The third-order valence-electron chi connectivity index (χ3n) is 2.13. The van der Waals surface area contributed by atoms with E-state index in [-0.39, 0.29) is 11.7 Å². The smallest absolute Gasteiger partial charge is 0.235 e. The Morgan fingerprint density at radius 2 is 2.15 bits per heavy atom. The number of hydrogen-bond donors (Lipinski definition) is 0. The van der Waals surface area contributed by atoms with Gasteiger partial charge in [0.2, 0.25) is 11.7 Å². The van der Waals surface area contributed by atoms with Crippen LogP contribution in [0, 0.1) is 0 Å². The standard InChI is InChI=1S/C8H10N2O3/c11-5-7-9-8(13-10-7)6-1-3-12-4-2-6/h5-6H,1-4H2. The van der Waals surface area contributed by atoms with Crippen molar-refractivity contribution in [2.24, 2.45) is 0 Å². The molecule has 0 radical (unpaired) electrons. The Morgan fingerprint density at radius 1 is 1.38 bits per heavy atom. The lowest BCUT2D eigenvalue weighted by atomic mass is 10.0. The highest BCUT2D eigenvalue weighted by Crippen LogP contribution is 2.24. The minimum Gasteiger partial charge on any atom is -0.381 e. The minimum absolute atomic E-state index is 0.126. The minimum atomic E-state index is 0.126. The fourth-order valence-corrected chi connectivity index (χ4v) is 1.41. The first-order chi connectivity index (χ1) is 6.40. The Balaban J connectivity index is 2.09. The zero-order chi connectivity index (χ0) is 9.10. The molecular weight excluding hydrogens is 172 g/mol. The van der Waals surface area contributed by atoms with Gasteiger partial charge < -0.3 is 9.26 Å². The summed E-state index contributed by atoms with van der Waals surface area (Å²) in [6.45, 7) is 1.45. The average Bonchev–Trinajstić information content (AvgIpc) is 2.67. The molecule has 0 unspecified atom stereocenters. The van der Waals surface area contributed by atoms with Crippen LogP contribution in [-0.2, 0) is 4.74 Å². The quantitative estimate of drug-likeness (QED) is 0.632. The number of aromatic nitrogens is 2. The lowest BCUT2D eigenvalue weighted by molar-refractivity contribution is 0.0778. The van der Waals surface area contributed by atoms with Gasteiger partial charge in [0.15, 0.2) is 6.29 Å². The molecule has 2 rings (SSSR count). The largest absolute Gasteiger partial charge is 0.381 e. The predicted octanol–water partition coefficient (Wildman–Crippen LogP) is 0.776. The molecule has 1 aliphatic rings. The zero-order valence-corrected chi connectivity index (χ0v) is 7.10. The summed E-state index contributed by atoms with van der Waals surface area (Å²) < 4.78 is 10.1. The molecule has 0 aliphatic carbocycles. The van der Waals surface area contributed by atoms with Crippen LogP contribution in [0.25, 0.3) is 0 Å². The van der Waals surface area contributed by atoms with E-state index in [9.17, 15) is 4.79 Å². The topological polar surface area (TPSA) is 65.2 Å². The van der Waals surface area contributed by atoms with Crippen LogP contribution in [0.15, 0.2) is 4.52 Å². The van der Waals surface area contributed by atoms with E-state index >= 15 is 0 Å². The van der Waals surface area contributed by atoms with Gasteiger partial charge in [-0.05, 0) is 12.8 Å². The summed E-state index contributed by atoms with van der Waals surface area (Å²) in [7, 11) is 0. The SMILES string of the molecule is O=Cc1noc(C2CCOCC2)n1. The van der Waals surface area contributed by atoms with Crippen LogP contribution in [0.5, 0.6) is 0 Å². The summed E-state index contributed by atoms with van der Waals surface area (Å²) in [5.41, 5.74) is 0. The van der Waals surface area contributed by atoms with E-state index in [4.69, 9.17) is 9.26 Å². The molecule has 0 bridgehead atoms. The van der Waals surface area contributed by atoms with E-state index in [1.165, 1.54) is 0 Å². The van der Waals surface area contributed by atoms with E-state index in [1.54, 1.807) is 0 Å². The molecule has 13 heavy (non-hydrogen) atoms. The van der Waals surface area contributed by atoms with Crippen LogP contribution in [0.3, 0.4) is 0 Å². The van der Waals surface area contributed by atoms with E-state index in [1.807, 2.05) is 0 Å². The average molecular weight is 182 g/mol. The van der Waals surface area contributed by atoms with Gasteiger partial charge in [0.25, 0.3) is 0 Å². The number of rotatable bonds is 2. The molecule has 1 aliphatic heterocycles. The molecule has 70 valence electrons. The summed E-state index contributed by atoms with van der Waals surface area (Å²) in [4.78, 5) is 14.2. The number of ether oxygens (including phenoxy) is 1. The maximum Gasteiger partial charge on any atom is 0.235 e. The van der Waals surface area contributed by atoms with Crippen molar-refractivity contribution in [1.29, 1.82) is 0 Å². The lowest BCUT2D eigenvalue weighted by Crippen LogP contribution is -2.14. The fourth-order valence-electron chi connectivity index (χ4n) is 1.41. The molecule has 2 heterocycles. The van der Waals surface area contributed by atoms with Crippen molar-refractivity contribution in [3.8, 4) is 0 Å². The molecule has 0 spiro atoms. The molecule has 0 N–H and O–H groups in total. The van der Waals surface area contributed by atoms with Gasteiger partial charge >= 0.3 is 0 Å². The maximum atomic E-state index is 10.3. The monoisotopic (exact) mass is 182 g/mol. The van der Waals surface area contributed by atoms with Crippen molar-refractivity contribution < 1.29 is 14.1 Å². The van der Waals surface area contributed by atoms with Crippen molar-refractivity contribution in [1.82, 2.24) is 10.1 Å². The highest BCUT2D eigenvalue weighted by atomic mass is 16.5. The van der Waals surface area contributed by atoms with Crippen molar-refractivity contribution in [2.45, 2.75) is 18.8 Å². The number of nitrogens with zero attached hydrogens (tertiary/aromatic N) is 2. The summed E-state index contributed by atoms with van der Waals surface area (Å²) in [5, 5.41) is 3.51. The number of carbonyl (C=O) groups excluding carboxylic acids is 1. The summed E-state index contributed by atoms with van der Waals surface area (Å²) in [6, 6.07) is 0. The first kappa shape index (κ1) is 8.37. The lowest BCUT2D eigenvalue weighted by Gasteiger charge is -2.17. The first-order valence-electron chi connectivity index (χ1n) is 4.26. The second-order valence-corrected chi connectivity index (χ2v) is 3.00. The Bertz CT molecular complexity index is 291. The zero-order valence-electron chi connectivity index (χ0n) is 7.10. The van der Waals surface area contributed by atoms with E-state index < -0.39 is 0 Å². The molecule has 5 nitrogen and oxygen atoms in total. The van der Waals surface area contributed by atoms with Crippen LogP contribution in [-0.4, -0.2) is 29.6 Å². The van der Waals surface area contributed by atoms with Gasteiger partial charge in [0.05, 0.1) is 0 Å². The van der Waals surface area contributed by atoms with Crippen LogP contribution in [0.2, 0.25) is 0 Å². The maximum absolute atomic E-state index is 10.3. The Labute approximate surface area is 75.1 Å². The molecule has 1 aromatic heterocycles. The van der Waals surface area contributed by atoms with E-state index in [2.05, 4.69) is 10.1 Å². The van der Waals surface area contributed by atoms with Crippen LogP contribution >= 0.6 is 0 Å². The third kappa shape index (κ3) is 1.75. The molecule has 1 aromatic rings. The molecule has 1 fully saturated rings. The number of hydrogen-bond acceptors (Lipinski definition) is 5. The second-order valence-electron chi connectivity index (χ2n) is 3.00. The highest BCUT2D eigenvalue weighted by Gasteiger charge is 2.21. The molecule has 0 saturated carbocycles. The van der Waals surface area contributed by atoms with Gasteiger partial charge in [-0.15, -0.1) is 0 Å². The van der Waals surface area contributed by atoms with Gasteiger partial charge in [-0.1, -0.05) is 5.16 Å². The van der Waals surface area contributed by atoms with Gasteiger partial charge in [0.1, 0.15) is 0 Å². The summed E-state index contributed by atoms with van der Waals surface area (Å²) in [5.74, 6) is 0.946. The second kappa shape index (κ2) is 3.66. The normalized spacial score (nSPS) is 18.8. The summed E-state index contributed by atoms with van der Waals surface area (Å²) >= 11 is 0. The summed E-state index contributed by atoms with van der Waals surface area (Å²) in [6.07, 6.45) is 2.37. The molecule has 0 atom stereocenters. The number of carbonyl (C=O) groups is 1. The Hall–Kier alpha value is -1.23. The van der Waals surface area contributed by atoms with Gasteiger partial charge in [-0.3, -0.25) is 4.79 Å². The van der Waals surface area contributed by atoms with Crippen LogP contribution < -0.4 is 0 Å². The predicted molar refractivity (Wildman–Crippen MR) is 42.5 cm³/mol. The van der Waals surface area contributed by atoms with Crippen molar-refractivity contribution in [3.05, 3.63) is 11.7 Å². The van der Waals surface area contributed by atoms with Crippen LogP contribution in [0.4, 0.5) is 0 Å². The molecule has 5 heteroatoms. The van der Waals surface area contributed by atoms with Crippen molar-refractivity contribution in [3.63, 3.8) is 0 Å². The molecular formula is C8H10N2O3. The van der Waals surface area contributed by atoms with Gasteiger partial charge in [0, 0.05) is 19.1 Å². The van der Waals surface area contributed by atoms with Gasteiger partial charge in [-0.25, -0.2) is 0 Å². The molecule has 0 amide bonds. The van der Waals surface area contributed by atoms with Crippen molar-refractivity contribution in [2.75, 3.05) is 13.2 Å². The highest BCUT2D eigenvalue weighted by molar-refractivity contribution is 5.68. The van der Waals surface area contributed by atoms with Crippen molar-refractivity contribution >= 4 is 6.29 Å². The Morgan fingerprint density at radius 3 is 2.77 bits per heavy atom.